The molecule has 0 radical (unpaired) electrons. The van der Waals surface area contributed by atoms with E-state index in [1.807, 2.05) is 26.0 Å². The van der Waals surface area contributed by atoms with Gasteiger partial charge in [0.1, 0.15) is 0 Å². The minimum atomic E-state index is -1.84. The summed E-state index contributed by atoms with van der Waals surface area (Å²) in [5.74, 6) is 0.0992. The highest BCUT2D eigenvalue weighted by molar-refractivity contribution is 7.78. The van der Waals surface area contributed by atoms with E-state index in [0.717, 1.165) is 30.6 Å². The number of hydrogen-bond acceptors (Lipinski definition) is 3. The first-order valence-corrected chi connectivity index (χ1v) is 7.17. The maximum absolute atomic E-state index is 10.8. The molecule has 0 saturated carbocycles. The highest BCUT2D eigenvalue weighted by atomic mass is 32.2. The summed E-state index contributed by atoms with van der Waals surface area (Å²) in [5.41, 5.74) is 9.32. The number of benzene rings is 1. The van der Waals surface area contributed by atoms with E-state index in [1.54, 1.807) is 0 Å². The average Bonchev–Trinajstić information content (AvgIpc) is 2.35. The molecule has 1 aliphatic rings. The molecule has 1 aliphatic heterocycles. The van der Waals surface area contributed by atoms with Crippen LogP contribution in [0, 0.1) is 0 Å². The number of rotatable bonds is 2. The minimum absolute atomic E-state index is 0.0992. The minimum Gasteiger partial charge on any atom is -0.398 e. The van der Waals surface area contributed by atoms with Gasteiger partial charge in [-0.2, -0.15) is 0 Å². The zero-order valence-electron chi connectivity index (χ0n) is 10.3. The van der Waals surface area contributed by atoms with Crippen LogP contribution in [0.15, 0.2) is 12.1 Å². The van der Waals surface area contributed by atoms with E-state index in [1.165, 1.54) is 5.56 Å². The second-order valence-electron chi connectivity index (χ2n) is 3.66. The Kier molecular flexibility index (Phi) is 5.44. The van der Waals surface area contributed by atoms with Crippen LogP contribution in [-0.4, -0.2) is 15.3 Å². The van der Waals surface area contributed by atoms with Crippen molar-refractivity contribution >= 4 is 22.5 Å². The Morgan fingerprint density at radius 2 is 2.18 bits per heavy atom. The quantitative estimate of drug-likeness (QED) is 0.561. The molecule has 2 rings (SSSR count). The van der Waals surface area contributed by atoms with Crippen LogP contribution in [-0.2, 0) is 23.3 Å². The van der Waals surface area contributed by atoms with Gasteiger partial charge in [-0.15, -0.1) is 0 Å². The molecule has 1 atom stereocenters. The van der Waals surface area contributed by atoms with Gasteiger partial charge in [0.2, 0.25) is 0 Å². The van der Waals surface area contributed by atoms with Crippen molar-refractivity contribution in [3.8, 4) is 0 Å². The Bertz CT molecular complexity index is 408. The van der Waals surface area contributed by atoms with Crippen molar-refractivity contribution in [2.24, 2.45) is 0 Å². The predicted octanol–water partition coefficient (Wildman–Crippen LogP) is 2.37. The lowest BCUT2D eigenvalue weighted by Gasteiger charge is -2.22. The van der Waals surface area contributed by atoms with Crippen LogP contribution in [0.1, 0.15) is 31.4 Å². The SMILES string of the molecule is CC.Nc1ccc2c(c1CS(=O)O)NCCC2. The highest BCUT2D eigenvalue weighted by Gasteiger charge is 2.16. The zero-order valence-corrected chi connectivity index (χ0v) is 11.1. The van der Waals surface area contributed by atoms with Gasteiger partial charge in [0, 0.05) is 23.5 Å². The van der Waals surface area contributed by atoms with Gasteiger partial charge in [-0.3, -0.25) is 0 Å². The number of fused-ring (bicyclic) bond motifs is 1. The summed E-state index contributed by atoms with van der Waals surface area (Å²) in [6, 6.07) is 3.80. The number of anilines is 2. The maximum Gasteiger partial charge on any atom is 0.157 e. The standard InChI is InChI=1S/C10H14N2O2S.C2H6/c11-9-4-3-7-2-1-5-12-10(7)8(9)6-15(13)14;1-2/h3-4,12H,1-2,5-6,11H2,(H,13,14);1-2H3. The molecule has 4 N–H and O–H groups in total. The maximum atomic E-state index is 10.8. The first kappa shape index (κ1) is 14.0. The third kappa shape index (κ3) is 3.44. The molecule has 0 amide bonds. The first-order chi connectivity index (χ1) is 8.18. The summed E-state index contributed by atoms with van der Waals surface area (Å²) in [7, 11) is 0. The van der Waals surface area contributed by atoms with Crippen molar-refractivity contribution in [1.82, 2.24) is 0 Å². The largest absolute Gasteiger partial charge is 0.398 e. The Morgan fingerprint density at radius 3 is 2.82 bits per heavy atom. The van der Waals surface area contributed by atoms with Gasteiger partial charge in [-0.1, -0.05) is 19.9 Å². The lowest BCUT2D eigenvalue weighted by Crippen LogP contribution is -2.15. The molecule has 0 saturated heterocycles. The van der Waals surface area contributed by atoms with Crippen LogP contribution in [0.2, 0.25) is 0 Å². The summed E-state index contributed by atoms with van der Waals surface area (Å²) in [5, 5.41) is 3.25. The smallest absolute Gasteiger partial charge is 0.157 e. The monoisotopic (exact) mass is 256 g/mol. The third-order valence-electron chi connectivity index (χ3n) is 2.63. The van der Waals surface area contributed by atoms with Crippen LogP contribution < -0.4 is 11.1 Å². The molecule has 1 aromatic carbocycles. The molecule has 96 valence electrons. The topological polar surface area (TPSA) is 75.4 Å². The Morgan fingerprint density at radius 1 is 1.47 bits per heavy atom. The second kappa shape index (κ2) is 6.61. The van der Waals surface area contributed by atoms with E-state index in [-0.39, 0.29) is 5.75 Å². The summed E-state index contributed by atoms with van der Waals surface area (Å²) in [6.45, 7) is 4.90. The fourth-order valence-corrected chi connectivity index (χ4v) is 2.47. The van der Waals surface area contributed by atoms with E-state index in [4.69, 9.17) is 10.3 Å². The van der Waals surface area contributed by atoms with Gasteiger partial charge < -0.3 is 15.6 Å². The van der Waals surface area contributed by atoms with Crippen LogP contribution in [0.3, 0.4) is 0 Å². The van der Waals surface area contributed by atoms with Crippen molar-refractivity contribution in [3.63, 3.8) is 0 Å². The Balaban J connectivity index is 0.000000686. The lowest BCUT2D eigenvalue weighted by atomic mass is 9.99. The first-order valence-electron chi connectivity index (χ1n) is 5.90. The van der Waals surface area contributed by atoms with E-state index in [0.29, 0.717) is 5.69 Å². The molecule has 0 bridgehead atoms. The number of nitrogens with one attached hydrogen (secondary N) is 1. The van der Waals surface area contributed by atoms with E-state index < -0.39 is 11.1 Å². The molecular formula is C12H20N2O2S. The summed E-state index contributed by atoms with van der Waals surface area (Å²) in [4.78, 5) is 0. The average molecular weight is 256 g/mol. The van der Waals surface area contributed by atoms with Crippen LogP contribution >= 0.6 is 0 Å². The lowest BCUT2D eigenvalue weighted by molar-refractivity contribution is 0.563. The van der Waals surface area contributed by atoms with Gasteiger partial charge >= 0.3 is 0 Å². The molecular weight excluding hydrogens is 236 g/mol. The van der Waals surface area contributed by atoms with Crippen LogP contribution in [0.4, 0.5) is 11.4 Å². The molecule has 1 heterocycles. The summed E-state index contributed by atoms with van der Waals surface area (Å²) >= 11 is -1.84. The van der Waals surface area contributed by atoms with Crippen LogP contribution in [0.25, 0.3) is 0 Å². The number of hydrogen-bond donors (Lipinski definition) is 3. The van der Waals surface area contributed by atoms with Gasteiger partial charge in [0.25, 0.3) is 0 Å². The van der Waals surface area contributed by atoms with Crippen molar-refractivity contribution < 1.29 is 8.76 Å². The highest BCUT2D eigenvalue weighted by Crippen LogP contribution is 2.31. The van der Waals surface area contributed by atoms with E-state index in [2.05, 4.69) is 5.32 Å². The molecule has 1 aromatic rings. The Hall–Kier alpha value is -1.07. The zero-order chi connectivity index (χ0) is 12.8. The molecule has 0 fully saturated rings. The summed E-state index contributed by atoms with van der Waals surface area (Å²) < 4.78 is 19.8. The third-order valence-corrected chi connectivity index (χ3v) is 3.16. The van der Waals surface area contributed by atoms with E-state index >= 15 is 0 Å². The van der Waals surface area contributed by atoms with E-state index in [9.17, 15) is 4.21 Å². The normalized spacial score (nSPS) is 15.0. The molecule has 17 heavy (non-hydrogen) atoms. The van der Waals surface area contributed by atoms with Crippen LogP contribution in [0.5, 0.6) is 0 Å². The Labute approximate surface area is 105 Å². The van der Waals surface area contributed by atoms with Crippen molar-refractivity contribution in [2.75, 3.05) is 17.6 Å². The molecule has 0 aliphatic carbocycles. The molecule has 4 nitrogen and oxygen atoms in total. The van der Waals surface area contributed by atoms with Gasteiger partial charge in [-0.25, -0.2) is 4.21 Å². The number of nitrogen functional groups attached to an aromatic ring is 1. The molecule has 0 aromatic heterocycles. The van der Waals surface area contributed by atoms with Crippen molar-refractivity contribution in [2.45, 2.75) is 32.4 Å². The number of nitrogens with two attached hydrogens (primary N) is 1. The molecule has 5 heteroatoms. The second-order valence-corrected chi connectivity index (χ2v) is 4.60. The van der Waals surface area contributed by atoms with Gasteiger partial charge in [0.05, 0.1) is 5.75 Å². The molecule has 0 spiro atoms. The fourth-order valence-electron chi connectivity index (χ4n) is 1.91. The molecule has 1 unspecified atom stereocenters. The van der Waals surface area contributed by atoms with Gasteiger partial charge in [0.15, 0.2) is 11.1 Å². The predicted molar refractivity (Wildman–Crippen MR) is 73.5 cm³/mol. The van der Waals surface area contributed by atoms with Gasteiger partial charge in [-0.05, 0) is 24.5 Å². The summed E-state index contributed by atoms with van der Waals surface area (Å²) in [6.07, 6.45) is 2.10. The van der Waals surface area contributed by atoms with Crippen molar-refractivity contribution in [3.05, 3.63) is 23.3 Å². The number of aryl methyl sites for hydroxylation is 1. The van der Waals surface area contributed by atoms with Crippen molar-refractivity contribution in [1.29, 1.82) is 0 Å². The fraction of sp³-hybridized carbons (Fsp3) is 0.500.